The molecule has 0 saturated carbocycles. The zero-order chi connectivity index (χ0) is 17.3. The highest BCUT2D eigenvalue weighted by Gasteiger charge is 2.33. The molecule has 0 heterocycles. The molecular weight excluding hydrogens is 324 g/mol. The van der Waals surface area contributed by atoms with Crippen LogP contribution < -0.4 is 10.5 Å². The third-order valence-electron chi connectivity index (χ3n) is 3.06. The minimum Gasteiger partial charge on any atom is -0.406 e. The third kappa shape index (κ3) is 4.38. The van der Waals surface area contributed by atoms with Gasteiger partial charge in [-0.05, 0) is 34.9 Å². The Kier molecular flexibility index (Phi) is 4.56. The van der Waals surface area contributed by atoms with Crippen LogP contribution in [-0.2, 0) is 12.7 Å². The fraction of sp³-hybridized carbons (Fsp3) is 0.200. The minimum absolute atomic E-state index is 0.0572. The van der Waals surface area contributed by atoms with Crippen LogP contribution in [0.25, 0.3) is 11.1 Å². The molecule has 0 aliphatic carbocycles. The number of nitrogens with two attached hydrogens (primary N) is 1. The van der Waals surface area contributed by atoms with E-state index in [9.17, 15) is 26.3 Å². The summed E-state index contributed by atoms with van der Waals surface area (Å²) in [5.41, 5.74) is 4.91. The molecule has 8 heteroatoms. The third-order valence-corrected chi connectivity index (χ3v) is 3.06. The van der Waals surface area contributed by atoms with Crippen LogP contribution in [0.5, 0.6) is 5.75 Å². The lowest BCUT2D eigenvalue weighted by molar-refractivity contribution is -0.274. The molecule has 2 rings (SSSR count). The topological polar surface area (TPSA) is 35.2 Å². The normalized spacial score (nSPS) is 12.3. The summed E-state index contributed by atoms with van der Waals surface area (Å²) < 4.78 is 78.9. The summed E-state index contributed by atoms with van der Waals surface area (Å²) in [6.45, 7) is -0.270. The highest BCUT2D eigenvalue weighted by atomic mass is 19.4. The number of alkyl halides is 6. The van der Waals surface area contributed by atoms with Gasteiger partial charge in [0.1, 0.15) is 5.75 Å². The van der Waals surface area contributed by atoms with Gasteiger partial charge in [0.2, 0.25) is 0 Å². The van der Waals surface area contributed by atoms with Crippen LogP contribution in [0.15, 0.2) is 42.5 Å². The van der Waals surface area contributed by atoms with Crippen molar-refractivity contribution in [2.45, 2.75) is 19.1 Å². The van der Waals surface area contributed by atoms with Crippen LogP contribution in [0.3, 0.4) is 0 Å². The van der Waals surface area contributed by atoms with E-state index in [0.717, 1.165) is 18.2 Å². The van der Waals surface area contributed by atoms with Gasteiger partial charge < -0.3 is 10.5 Å². The average molecular weight is 335 g/mol. The van der Waals surface area contributed by atoms with E-state index >= 15 is 0 Å². The Hall–Kier alpha value is -2.22. The molecule has 0 radical (unpaired) electrons. The van der Waals surface area contributed by atoms with Crippen LogP contribution in [-0.4, -0.2) is 6.36 Å². The number of ether oxygens (including phenoxy) is 1. The fourth-order valence-electron chi connectivity index (χ4n) is 2.05. The summed E-state index contributed by atoms with van der Waals surface area (Å²) in [5.74, 6) is -0.448. The maximum absolute atomic E-state index is 13.0. The van der Waals surface area contributed by atoms with Crippen molar-refractivity contribution in [2.24, 2.45) is 5.73 Å². The molecule has 0 atom stereocenters. The molecule has 124 valence electrons. The molecule has 0 fully saturated rings. The quantitative estimate of drug-likeness (QED) is 0.823. The average Bonchev–Trinajstić information content (AvgIpc) is 2.45. The molecule has 2 aromatic rings. The number of hydrogen-bond acceptors (Lipinski definition) is 2. The van der Waals surface area contributed by atoms with E-state index in [4.69, 9.17) is 5.73 Å². The zero-order valence-electron chi connectivity index (χ0n) is 11.5. The molecule has 2 N–H and O–H groups in total. The summed E-state index contributed by atoms with van der Waals surface area (Å²) in [4.78, 5) is 0. The van der Waals surface area contributed by atoms with Gasteiger partial charge in [-0.3, -0.25) is 0 Å². The van der Waals surface area contributed by atoms with Gasteiger partial charge in [-0.15, -0.1) is 13.2 Å². The molecular formula is C15H11F6NO. The first kappa shape index (κ1) is 17.1. The van der Waals surface area contributed by atoms with Crippen LogP contribution >= 0.6 is 0 Å². The van der Waals surface area contributed by atoms with Gasteiger partial charge in [0.15, 0.2) is 0 Å². The Bertz CT molecular complexity index is 676. The smallest absolute Gasteiger partial charge is 0.406 e. The molecule has 23 heavy (non-hydrogen) atoms. The highest BCUT2D eigenvalue weighted by molar-refractivity contribution is 5.66. The SMILES string of the molecule is NCc1ccc(-c2ccc(OC(F)(F)F)cc2)cc1C(F)(F)F. The predicted octanol–water partition coefficient (Wildman–Crippen LogP) is 4.73. The van der Waals surface area contributed by atoms with E-state index in [-0.39, 0.29) is 17.7 Å². The summed E-state index contributed by atoms with van der Waals surface area (Å²) in [6, 6.07) is 8.16. The van der Waals surface area contributed by atoms with E-state index in [2.05, 4.69) is 4.74 Å². The van der Waals surface area contributed by atoms with Crippen molar-refractivity contribution in [1.82, 2.24) is 0 Å². The van der Waals surface area contributed by atoms with E-state index < -0.39 is 23.9 Å². The van der Waals surface area contributed by atoms with E-state index in [1.807, 2.05) is 0 Å². The van der Waals surface area contributed by atoms with Crippen molar-refractivity contribution in [3.05, 3.63) is 53.6 Å². The first-order chi connectivity index (χ1) is 10.6. The van der Waals surface area contributed by atoms with Crippen LogP contribution in [0.4, 0.5) is 26.3 Å². The molecule has 0 aliphatic heterocycles. The maximum Gasteiger partial charge on any atom is 0.573 e. The van der Waals surface area contributed by atoms with Gasteiger partial charge in [-0.25, -0.2) is 0 Å². The van der Waals surface area contributed by atoms with Gasteiger partial charge in [0, 0.05) is 6.54 Å². The second-order valence-electron chi connectivity index (χ2n) is 4.65. The second kappa shape index (κ2) is 6.11. The molecule has 0 unspecified atom stereocenters. The van der Waals surface area contributed by atoms with Crippen molar-refractivity contribution >= 4 is 0 Å². The van der Waals surface area contributed by atoms with Crippen molar-refractivity contribution in [1.29, 1.82) is 0 Å². The summed E-state index contributed by atoms with van der Waals surface area (Å²) >= 11 is 0. The lowest BCUT2D eigenvalue weighted by Crippen LogP contribution is -2.16. The summed E-state index contributed by atoms with van der Waals surface area (Å²) in [6.07, 6.45) is -9.39. The molecule has 0 aliphatic rings. The molecule has 0 saturated heterocycles. The summed E-state index contributed by atoms with van der Waals surface area (Å²) in [5, 5.41) is 0. The Balaban J connectivity index is 2.35. The Morgan fingerprint density at radius 1 is 0.826 bits per heavy atom. The van der Waals surface area contributed by atoms with E-state index in [1.54, 1.807) is 0 Å². The maximum atomic E-state index is 13.0. The number of hydrogen-bond donors (Lipinski definition) is 1. The Morgan fingerprint density at radius 2 is 1.39 bits per heavy atom. The molecule has 2 aromatic carbocycles. The summed E-state index contributed by atoms with van der Waals surface area (Å²) in [7, 11) is 0. The Labute approximate surface area is 127 Å². The van der Waals surface area contributed by atoms with Crippen molar-refractivity contribution in [3.63, 3.8) is 0 Å². The number of benzene rings is 2. The first-order valence-electron chi connectivity index (χ1n) is 6.36. The van der Waals surface area contributed by atoms with Crippen molar-refractivity contribution in [3.8, 4) is 16.9 Å². The highest BCUT2D eigenvalue weighted by Crippen LogP contribution is 2.35. The van der Waals surface area contributed by atoms with Gasteiger partial charge in [0.05, 0.1) is 5.56 Å². The lowest BCUT2D eigenvalue weighted by atomic mass is 9.98. The van der Waals surface area contributed by atoms with E-state index in [0.29, 0.717) is 5.56 Å². The molecule has 0 spiro atoms. The van der Waals surface area contributed by atoms with Crippen LogP contribution in [0.2, 0.25) is 0 Å². The molecule has 0 bridgehead atoms. The van der Waals surface area contributed by atoms with Gasteiger partial charge in [-0.2, -0.15) is 13.2 Å². The van der Waals surface area contributed by atoms with Crippen LogP contribution in [0, 0.1) is 0 Å². The first-order valence-corrected chi connectivity index (χ1v) is 6.36. The Morgan fingerprint density at radius 3 is 1.87 bits per heavy atom. The van der Waals surface area contributed by atoms with Gasteiger partial charge in [-0.1, -0.05) is 24.3 Å². The monoisotopic (exact) mass is 335 g/mol. The second-order valence-corrected chi connectivity index (χ2v) is 4.65. The van der Waals surface area contributed by atoms with Crippen molar-refractivity contribution in [2.75, 3.05) is 0 Å². The minimum atomic E-state index is -4.83. The van der Waals surface area contributed by atoms with Crippen molar-refractivity contribution < 1.29 is 31.1 Å². The molecule has 2 nitrogen and oxygen atoms in total. The fourth-order valence-corrected chi connectivity index (χ4v) is 2.05. The molecule has 0 aromatic heterocycles. The zero-order valence-corrected chi connectivity index (χ0v) is 11.5. The lowest BCUT2D eigenvalue weighted by Gasteiger charge is -2.14. The number of rotatable bonds is 3. The number of halogens is 6. The molecule has 0 amide bonds. The largest absolute Gasteiger partial charge is 0.573 e. The van der Waals surface area contributed by atoms with E-state index in [1.165, 1.54) is 24.3 Å². The van der Waals surface area contributed by atoms with Gasteiger partial charge >= 0.3 is 12.5 Å². The predicted molar refractivity (Wildman–Crippen MR) is 71.5 cm³/mol. The van der Waals surface area contributed by atoms with Crippen LogP contribution in [0.1, 0.15) is 11.1 Å². The standard InChI is InChI=1S/C15H11F6NO/c16-14(17,18)13-7-10(1-2-11(13)8-22)9-3-5-12(6-4-9)23-15(19,20)21/h1-7H,8,22H2. The van der Waals surface area contributed by atoms with Gasteiger partial charge in [0.25, 0.3) is 0 Å².